The van der Waals surface area contributed by atoms with Gasteiger partial charge in [-0.1, -0.05) is 52.3 Å². The third-order valence-electron chi connectivity index (χ3n) is 7.59. The molecule has 3 fully saturated rings. The maximum Gasteiger partial charge on any atom is 0.312 e. The van der Waals surface area contributed by atoms with Crippen LogP contribution in [0.15, 0.2) is 25.3 Å². The first-order valence-corrected chi connectivity index (χ1v) is 12.6. The highest BCUT2D eigenvalue weighted by Gasteiger charge is 2.75. The predicted molar refractivity (Wildman–Crippen MR) is 128 cm³/mol. The molecule has 3 aliphatic rings. The Labute approximate surface area is 202 Å². The standard InChI is InChI=1S/C26H40N2O6/c1-6-9-10-14-27(13-7-2)24(31)22-26-12-11-19(34-26)20(25(32)33-15-8-3)21(26)23(30)28(22)18(16-29)17(4)5/h7-8,17-22,29H,2-3,6,9-16H2,1,4-5H3/t18-,19-,20+,21-,22?,26?/m0/s1. The lowest BCUT2D eigenvalue weighted by Crippen LogP contribution is -2.59. The van der Waals surface area contributed by atoms with E-state index in [0.29, 0.717) is 25.9 Å². The number of rotatable bonds is 13. The number of aliphatic hydroxyl groups excluding tert-OH is 1. The maximum absolute atomic E-state index is 14.1. The van der Waals surface area contributed by atoms with Gasteiger partial charge in [-0.15, -0.1) is 6.58 Å². The molecule has 6 atom stereocenters. The van der Waals surface area contributed by atoms with Gasteiger partial charge in [-0.2, -0.15) is 0 Å². The van der Waals surface area contributed by atoms with Crippen molar-refractivity contribution in [1.29, 1.82) is 0 Å². The molecule has 0 aromatic rings. The van der Waals surface area contributed by atoms with Gasteiger partial charge in [0.1, 0.15) is 18.2 Å². The van der Waals surface area contributed by atoms with Crippen LogP contribution in [0.25, 0.3) is 0 Å². The zero-order valence-electron chi connectivity index (χ0n) is 20.8. The van der Waals surface area contributed by atoms with E-state index in [4.69, 9.17) is 9.47 Å². The van der Waals surface area contributed by atoms with Crippen molar-refractivity contribution in [3.8, 4) is 0 Å². The van der Waals surface area contributed by atoms with Crippen molar-refractivity contribution in [2.75, 3.05) is 26.3 Å². The number of unbranched alkanes of at least 4 members (excludes halogenated alkanes) is 2. The largest absolute Gasteiger partial charge is 0.461 e. The van der Waals surface area contributed by atoms with Gasteiger partial charge in [0.05, 0.1) is 30.6 Å². The van der Waals surface area contributed by atoms with Crippen LogP contribution in [-0.4, -0.2) is 82.8 Å². The number of fused-ring (bicyclic) bond motifs is 1. The molecule has 2 bridgehead atoms. The summed E-state index contributed by atoms with van der Waals surface area (Å²) in [5.41, 5.74) is -1.09. The minimum atomic E-state index is -1.09. The van der Waals surface area contributed by atoms with Gasteiger partial charge in [-0.05, 0) is 25.2 Å². The number of esters is 1. The first kappa shape index (κ1) is 26.4. The molecule has 0 aromatic heterocycles. The normalized spacial score (nSPS) is 30.4. The average molecular weight is 477 g/mol. The topological polar surface area (TPSA) is 96.4 Å². The highest BCUT2D eigenvalue weighted by atomic mass is 16.6. The Kier molecular flexibility index (Phi) is 8.57. The summed E-state index contributed by atoms with van der Waals surface area (Å²) in [6.45, 7) is 14.0. The first-order chi connectivity index (χ1) is 16.3. The average Bonchev–Trinajstić information content (AvgIpc) is 3.45. The SMILES string of the molecule is C=CCOC(=O)[C@@H]1[C@@H]2CCC3(O2)C(C(=O)N(CC=C)CCCCC)N([C@@H](CO)C(C)C)C(=O)[C@H]13. The molecule has 34 heavy (non-hydrogen) atoms. The summed E-state index contributed by atoms with van der Waals surface area (Å²) in [7, 11) is 0. The lowest BCUT2D eigenvalue weighted by molar-refractivity contribution is -0.156. The molecule has 0 aromatic carbocycles. The lowest BCUT2D eigenvalue weighted by Gasteiger charge is -2.40. The second kappa shape index (κ2) is 11.0. The van der Waals surface area contributed by atoms with Gasteiger partial charge in [0.25, 0.3) is 0 Å². The molecular formula is C26H40N2O6. The lowest BCUT2D eigenvalue weighted by atomic mass is 9.70. The smallest absolute Gasteiger partial charge is 0.312 e. The zero-order chi connectivity index (χ0) is 25.0. The summed E-state index contributed by atoms with van der Waals surface area (Å²) in [6, 6.07) is -1.46. The number of carbonyl (C=O) groups excluding carboxylic acids is 3. The molecule has 1 spiro atoms. The molecule has 3 heterocycles. The number of hydrogen-bond donors (Lipinski definition) is 1. The van der Waals surface area contributed by atoms with E-state index in [-0.39, 0.29) is 30.9 Å². The Morgan fingerprint density at radius 3 is 2.65 bits per heavy atom. The van der Waals surface area contributed by atoms with Crippen LogP contribution in [0.4, 0.5) is 0 Å². The molecule has 0 aliphatic carbocycles. The number of aliphatic hydroxyl groups is 1. The monoisotopic (exact) mass is 476 g/mol. The van der Waals surface area contributed by atoms with Gasteiger partial charge in [0.15, 0.2) is 0 Å². The molecule has 2 amide bonds. The summed E-state index contributed by atoms with van der Waals surface area (Å²) in [4.78, 5) is 44.3. The van der Waals surface area contributed by atoms with Crippen molar-refractivity contribution in [3.05, 3.63) is 25.3 Å². The van der Waals surface area contributed by atoms with Crippen molar-refractivity contribution in [3.63, 3.8) is 0 Å². The number of hydrogen-bond acceptors (Lipinski definition) is 6. The zero-order valence-corrected chi connectivity index (χ0v) is 20.8. The van der Waals surface area contributed by atoms with Crippen molar-refractivity contribution in [1.82, 2.24) is 9.80 Å². The summed E-state index contributed by atoms with van der Waals surface area (Å²) in [5, 5.41) is 10.2. The number of carbonyl (C=O) groups is 3. The Bertz CT molecular complexity index is 798. The van der Waals surface area contributed by atoms with Crippen molar-refractivity contribution in [2.45, 2.75) is 76.7 Å². The van der Waals surface area contributed by atoms with Crippen molar-refractivity contribution in [2.24, 2.45) is 17.8 Å². The molecule has 190 valence electrons. The predicted octanol–water partition coefficient (Wildman–Crippen LogP) is 2.31. The fraction of sp³-hybridized carbons (Fsp3) is 0.731. The summed E-state index contributed by atoms with van der Waals surface area (Å²) in [5.74, 6) is -2.65. The highest BCUT2D eigenvalue weighted by molar-refractivity contribution is 5.98. The Balaban J connectivity index is 2.03. The molecule has 0 radical (unpaired) electrons. The molecule has 3 saturated heterocycles. The second-order valence-corrected chi connectivity index (χ2v) is 9.99. The van der Waals surface area contributed by atoms with E-state index in [9.17, 15) is 19.5 Å². The van der Waals surface area contributed by atoms with Gasteiger partial charge in [0, 0.05) is 13.1 Å². The molecule has 3 aliphatic heterocycles. The molecule has 3 rings (SSSR count). The molecule has 1 N–H and O–H groups in total. The van der Waals surface area contributed by atoms with Crippen LogP contribution in [0.5, 0.6) is 0 Å². The van der Waals surface area contributed by atoms with E-state index in [1.807, 2.05) is 13.8 Å². The van der Waals surface area contributed by atoms with Crippen LogP contribution >= 0.6 is 0 Å². The van der Waals surface area contributed by atoms with Crippen molar-refractivity contribution >= 4 is 17.8 Å². The Morgan fingerprint density at radius 2 is 2.06 bits per heavy atom. The van der Waals surface area contributed by atoms with E-state index in [0.717, 1.165) is 19.3 Å². The molecule has 8 heteroatoms. The molecule has 8 nitrogen and oxygen atoms in total. The molecular weight excluding hydrogens is 436 g/mol. The fourth-order valence-corrected chi connectivity index (χ4v) is 6.03. The van der Waals surface area contributed by atoms with E-state index in [1.54, 1.807) is 11.0 Å². The van der Waals surface area contributed by atoms with Gasteiger partial charge in [-0.25, -0.2) is 0 Å². The number of likely N-dealkylation sites (tertiary alicyclic amines) is 1. The van der Waals surface area contributed by atoms with E-state index in [1.165, 1.54) is 11.0 Å². The van der Waals surface area contributed by atoms with E-state index in [2.05, 4.69) is 20.1 Å². The van der Waals surface area contributed by atoms with Gasteiger partial charge in [0.2, 0.25) is 11.8 Å². The van der Waals surface area contributed by atoms with Crippen LogP contribution in [0, 0.1) is 17.8 Å². The van der Waals surface area contributed by atoms with Gasteiger partial charge >= 0.3 is 5.97 Å². The molecule has 0 saturated carbocycles. The number of amides is 2. The first-order valence-electron chi connectivity index (χ1n) is 12.6. The van der Waals surface area contributed by atoms with Crippen LogP contribution in [-0.2, 0) is 23.9 Å². The van der Waals surface area contributed by atoms with Gasteiger partial charge < -0.3 is 24.4 Å². The minimum absolute atomic E-state index is 0.0534. The van der Waals surface area contributed by atoms with Crippen LogP contribution < -0.4 is 0 Å². The second-order valence-electron chi connectivity index (χ2n) is 9.99. The third kappa shape index (κ3) is 4.42. The molecule has 2 unspecified atom stereocenters. The van der Waals surface area contributed by atoms with E-state index >= 15 is 0 Å². The van der Waals surface area contributed by atoms with E-state index < -0.39 is 41.6 Å². The summed E-state index contributed by atoms with van der Waals surface area (Å²) < 4.78 is 11.7. The summed E-state index contributed by atoms with van der Waals surface area (Å²) >= 11 is 0. The fourth-order valence-electron chi connectivity index (χ4n) is 6.03. The maximum atomic E-state index is 14.1. The quantitative estimate of drug-likeness (QED) is 0.249. The Morgan fingerprint density at radius 1 is 1.32 bits per heavy atom. The van der Waals surface area contributed by atoms with Crippen LogP contribution in [0.2, 0.25) is 0 Å². The highest BCUT2D eigenvalue weighted by Crippen LogP contribution is 2.59. The summed E-state index contributed by atoms with van der Waals surface area (Å²) in [6.07, 6.45) is 6.68. The third-order valence-corrected chi connectivity index (χ3v) is 7.59. The van der Waals surface area contributed by atoms with Crippen LogP contribution in [0.3, 0.4) is 0 Å². The Hall–Kier alpha value is -2.19. The van der Waals surface area contributed by atoms with Crippen molar-refractivity contribution < 1.29 is 29.0 Å². The van der Waals surface area contributed by atoms with Crippen LogP contribution in [0.1, 0.15) is 52.9 Å². The minimum Gasteiger partial charge on any atom is -0.461 e. The number of nitrogens with zero attached hydrogens (tertiary/aromatic N) is 2. The van der Waals surface area contributed by atoms with Gasteiger partial charge in [-0.3, -0.25) is 14.4 Å². The number of ether oxygens (including phenoxy) is 2.